The van der Waals surface area contributed by atoms with Crippen molar-refractivity contribution in [3.63, 3.8) is 0 Å². The first kappa shape index (κ1) is 9.98. The van der Waals surface area contributed by atoms with E-state index in [9.17, 15) is 4.79 Å². The second-order valence-corrected chi connectivity index (χ2v) is 4.59. The van der Waals surface area contributed by atoms with Crippen LogP contribution < -0.4 is 5.73 Å². The number of anilines is 1. The molecule has 1 aromatic carbocycles. The zero-order valence-corrected chi connectivity index (χ0v) is 9.36. The summed E-state index contributed by atoms with van der Waals surface area (Å²) >= 11 is 1.47. The molecule has 0 aliphatic heterocycles. The normalized spacial score (nSPS) is 11.1. The maximum atomic E-state index is 10.9. The number of carbonyl (C=O) groups is 1. The second-order valence-electron chi connectivity index (χ2n) is 3.56. The number of thiophene rings is 1. The molecule has 0 amide bonds. The van der Waals surface area contributed by atoms with Gasteiger partial charge in [-0.2, -0.15) is 0 Å². The van der Waals surface area contributed by atoms with Crippen LogP contribution >= 0.6 is 11.3 Å². The first-order chi connectivity index (χ1) is 8.16. The molecule has 0 saturated heterocycles. The number of aromatic nitrogens is 2. The molecule has 2 aromatic heterocycles. The van der Waals surface area contributed by atoms with Crippen molar-refractivity contribution in [1.29, 1.82) is 0 Å². The fraction of sp³-hybridized carbons (Fsp3) is 0. The monoisotopic (exact) mass is 245 g/mol. The number of benzene rings is 1. The molecule has 2 heterocycles. The lowest BCUT2D eigenvalue weighted by Crippen LogP contribution is -1.95. The highest BCUT2D eigenvalue weighted by molar-refractivity contribution is 7.25. The van der Waals surface area contributed by atoms with Gasteiger partial charge in [0.25, 0.3) is 0 Å². The first-order valence-corrected chi connectivity index (χ1v) is 5.64. The molecule has 3 aromatic rings. The third-order valence-corrected chi connectivity index (χ3v) is 3.62. The molecule has 0 fully saturated rings. The van der Waals surface area contributed by atoms with E-state index in [1.807, 2.05) is 0 Å². The van der Waals surface area contributed by atoms with Crippen LogP contribution in [0.2, 0.25) is 0 Å². The SMILES string of the molecule is Nc1ncnc2sc3ccc(C(=O)O)cc3c12. The van der Waals surface area contributed by atoms with E-state index in [0.29, 0.717) is 5.82 Å². The summed E-state index contributed by atoms with van der Waals surface area (Å²) in [6.45, 7) is 0. The van der Waals surface area contributed by atoms with Gasteiger partial charge in [0, 0.05) is 10.1 Å². The van der Waals surface area contributed by atoms with Gasteiger partial charge in [0.05, 0.1) is 10.9 Å². The molecule has 3 N–H and O–H groups in total. The van der Waals surface area contributed by atoms with E-state index in [4.69, 9.17) is 10.8 Å². The summed E-state index contributed by atoms with van der Waals surface area (Å²) in [7, 11) is 0. The van der Waals surface area contributed by atoms with Crippen molar-refractivity contribution in [3.8, 4) is 0 Å². The molecule has 17 heavy (non-hydrogen) atoms. The topological polar surface area (TPSA) is 89.1 Å². The van der Waals surface area contributed by atoms with Crippen LogP contribution in [0.4, 0.5) is 5.82 Å². The predicted octanol–water partition coefficient (Wildman–Crippen LogP) is 2.12. The summed E-state index contributed by atoms with van der Waals surface area (Å²) < 4.78 is 0.956. The highest BCUT2D eigenvalue weighted by Crippen LogP contribution is 2.35. The van der Waals surface area contributed by atoms with Crippen molar-refractivity contribution in [2.45, 2.75) is 0 Å². The molecule has 6 heteroatoms. The molecule has 0 bridgehead atoms. The molecular weight excluding hydrogens is 238 g/mol. The van der Waals surface area contributed by atoms with Gasteiger partial charge in [0.1, 0.15) is 17.0 Å². The number of nitrogen functional groups attached to an aromatic ring is 1. The van der Waals surface area contributed by atoms with E-state index in [1.54, 1.807) is 18.2 Å². The van der Waals surface area contributed by atoms with Crippen molar-refractivity contribution in [2.75, 3.05) is 5.73 Å². The van der Waals surface area contributed by atoms with Gasteiger partial charge in [0.2, 0.25) is 0 Å². The number of nitrogens with zero attached hydrogens (tertiary/aromatic N) is 2. The van der Waals surface area contributed by atoms with Gasteiger partial charge in [0.15, 0.2) is 0 Å². The van der Waals surface area contributed by atoms with E-state index in [2.05, 4.69) is 9.97 Å². The number of carboxylic acid groups (broad SMARTS) is 1. The number of fused-ring (bicyclic) bond motifs is 3. The Balaban J connectivity index is 2.48. The molecule has 0 spiro atoms. The van der Waals surface area contributed by atoms with Crippen molar-refractivity contribution < 1.29 is 9.90 Å². The van der Waals surface area contributed by atoms with E-state index in [0.717, 1.165) is 20.3 Å². The summed E-state index contributed by atoms with van der Waals surface area (Å²) in [5.41, 5.74) is 6.04. The van der Waals surface area contributed by atoms with Crippen LogP contribution in [0.1, 0.15) is 10.4 Å². The van der Waals surface area contributed by atoms with Crippen molar-refractivity contribution in [3.05, 3.63) is 30.1 Å². The van der Waals surface area contributed by atoms with Gasteiger partial charge in [-0.05, 0) is 18.2 Å². The lowest BCUT2D eigenvalue weighted by Gasteiger charge is -1.96. The van der Waals surface area contributed by atoms with Crippen LogP contribution in [-0.2, 0) is 0 Å². The summed E-state index contributed by atoms with van der Waals surface area (Å²) in [6, 6.07) is 4.95. The number of hydrogen-bond acceptors (Lipinski definition) is 5. The minimum atomic E-state index is -0.957. The quantitative estimate of drug-likeness (QED) is 0.685. The van der Waals surface area contributed by atoms with Crippen LogP contribution in [0.5, 0.6) is 0 Å². The number of nitrogens with two attached hydrogens (primary N) is 1. The lowest BCUT2D eigenvalue weighted by molar-refractivity contribution is 0.0697. The number of aromatic carboxylic acids is 1. The molecule has 0 unspecified atom stereocenters. The summed E-state index contributed by atoms with van der Waals surface area (Å²) in [6.07, 6.45) is 1.41. The predicted molar refractivity (Wildman–Crippen MR) is 66.3 cm³/mol. The van der Waals surface area contributed by atoms with Gasteiger partial charge in [-0.15, -0.1) is 11.3 Å². The van der Waals surface area contributed by atoms with Crippen LogP contribution in [0.3, 0.4) is 0 Å². The summed E-state index contributed by atoms with van der Waals surface area (Å²) in [5.74, 6) is -0.578. The Morgan fingerprint density at radius 3 is 2.94 bits per heavy atom. The fourth-order valence-corrected chi connectivity index (χ4v) is 2.80. The van der Waals surface area contributed by atoms with Crippen molar-refractivity contribution >= 4 is 43.4 Å². The molecule has 0 radical (unpaired) electrons. The Morgan fingerprint density at radius 2 is 2.18 bits per heavy atom. The minimum absolute atomic E-state index is 0.237. The maximum absolute atomic E-state index is 10.9. The molecule has 3 rings (SSSR count). The molecule has 0 aliphatic carbocycles. The third-order valence-electron chi connectivity index (χ3n) is 2.54. The van der Waals surface area contributed by atoms with Gasteiger partial charge < -0.3 is 10.8 Å². The Labute approximate surface area is 99.5 Å². The number of carboxylic acids is 1. The molecule has 5 nitrogen and oxygen atoms in total. The first-order valence-electron chi connectivity index (χ1n) is 4.83. The van der Waals surface area contributed by atoms with Gasteiger partial charge in [-0.1, -0.05) is 0 Å². The third kappa shape index (κ3) is 1.42. The van der Waals surface area contributed by atoms with Crippen LogP contribution in [0.15, 0.2) is 24.5 Å². The molecule has 0 atom stereocenters. The Hall–Kier alpha value is -2.21. The van der Waals surface area contributed by atoms with Gasteiger partial charge >= 0.3 is 5.97 Å². The van der Waals surface area contributed by atoms with E-state index in [-0.39, 0.29) is 5.56 Å². The second kappa shape index (κ2) is 3.39. The average molecular weight is 245 g/mol. The summed E-state index contributed by atoms with van der Waals surface area (Å²) in [4.78, 5) is 19.8. The molecule has 0 aliphatic rings. The molecule has 84 valence electrons. The number of rotatable bonds is 1. The smallest absolute Gasteiger partial charge is 0.335 e. The van der Waals surface area contributed by atoms with Gasteiger partial charge in [-0.3, -0.25) is 0 Å². The summed E-state index contributed by atoms with van der Waals surface area (Å²) in [5, 5.41) is 10.5. The molecular formula is C11H7N3O2S. The number of hydrogen-bond donors (Lipinski definition) is 2. The zero-order valence-electron chi connectivity index (χ0n) is 8.54. The lowest BCUT2D eigenvalue weighted by atomic mass is 10.1. The Kier molecular flexibility index (Phi) is 1.99. The Bertz CT molecular complexity index is 751. The van der Waals surface area contributed by atoms with Crippen molar-refractivity contribution in [2.24, 2.45) is 0 Å². The van der Waals surface area contributed by atoms with Crippen LogP contribution in [-0.4, -0.2) is 21.0 Å². The van der Waals surface area contributed by atoms with Crippen molar-refractivity contribution in [1.82, 2.24) is 9.97 Å². The molecule has 0 saturated carbocycles. The van der Waals surface area contributed by atoms with E-state index in [1.165, 1.54) is 17.7 Å². The van der Waals surface area contributed by atoms with E-state index >= 15 is 0 Å². The standard InChI is InChI=1S/C11H7N3O2S/c12-9-8-6-3-5(11(15)16)1-2-7(6)17-10(8)14-4-13-9/h1-4H,(H,15,16)(H2,12,13,14). The maximum Gasteiger partial charge on any atom is 0.335 e. The highest BCUT2D eigenvalue weighted by atomic mass is 32.1. The van der Waals surface area contributed by atoms with E-state index < -0.39 is 5.97 Å². The van der Waals surface area contributed by atoms with Crippen LogP contribution in [0.25, 0.3) is 20.3 Å². The zero-order chi connectivity index (χ0) is 12.0. The average Bonchev–Trinajstić information content (AvgIpc) is 2.67. The minimum Gasteiger partial charge on any atom is -0.478 e. The fourth-order valence-electron chi connectivity index (χ4n) is 1.76. The van der Waals surface area contributed by atoms with Crippen LogP contribution in [0, 0.1) is 0 Å². The largest absolute Gasteiger partial charge is 0.478 e. The van der Waals surface area contributed by atoms with Gasteiger partial charge in [-0.25, -0.2) is 14.8 Å². The Morgan fingerprint density at radius 1 is 1.35 bits per heavy atom. The highest BCUT2D eigenvalue weighted by Gasteiger charge is 2.12.